The molecule has 2 rings (SSSR count). The summed E-state index contributed by atoms with van der Waals surface area (Å²) in [6.07, 6.45) is 7.95. The van der Waals surface area contributed by atoms with Gasteiger partial charge in [-0.15, -0.1) is 0 Å². The van der Waals surface area contributed by atoms with E-state index in [1.54, 1.807) is 0 Å². The molecule has 0 saturated carbocycles. The van der Waals surface area contributed by atoms with Gasteiger partial charge in [0.1, 0.15) is 5.82 Å². The minimum atomic E-state index is 0.270. The van der Waals surface area contributed by atoms with Crippen molar-refractivity contribution >= 4 is 0 Å². The van der Waals surface area contributed by atoms with Crippen LogP contribution >= 0.6 is 0 Å². The highest BCUT2D eigenvalue weighted by Crippen LogP contribution is 2.20. The standard InChI is InChI=1S/C15H25N5/c1-5-8-20-9-7-17-15(20)10-14(16-6-2)13-11-18-19(4)12(13)3/h7,9,11,14,16H,5-6,8,10H2,1-4H3. The normalized spacial score (nSPS) is 12.8. The average Bonchev–Trinajstić information content (AvgIpc) is 2.99. The van der Waals surface area contributed by atoms with Gasteiger partial charge in [0.05, 0.1) is 6.20 Å². The minimum Gasteiger partial charge on any atom is -0.335 e. The summed E-state index contributed by atoms with van der Waals surface area (Å²) in [6, 6.07) is 0.270. The first-order valence-electron chi connectivity index (χ1n) is 7.39. The maximum Gasteiger partial charge on any atom is 0.110 e. The van der Waals surface area contributed by atoms with Crippen molar-refractivity contribution in [2.75, 3.05) is 6.54 Å². The van der Waals surface area contributed by atoms with E-state index in [2.05, 4.69) is 46.9 Å². The highest BCUT2D eigenvalue weighted by molar-refractivity contribution is 5.22. The van der Waals surface area contributed by atoms with Crippen LogP contribution in [0.4, 0.5) is 0 Å². The number of aromatic nitrogens is 4. The molecule has 1 unspecified atom stereocenters. The topological polar surface area (TPSA) is 47.7 Å². The van der Waals surface area contributed by atoms with Crippen LogP contribution in [-0.2, 0) is 20.0 Å². The number of likely N-dealkylation sites (N-methyl/N-ethyl adjacent to an activating group) is 1. The van der Waals surface area contributed by atoms with Crippen molar-refractivity contribution in [1.29, 1.82) is 0 Å². The van der Waals surface area contributed by atoms with Gasteiger partial charge in [-0.1, -0.05) is 13.8 Å². The molecule has 0 bridgehead atoms. The van der Waals surface area contributed by atoms with Crippen LogP contribution in [0.5, 0.6) is 0 Å². The second-order valence-electron chi connectivity index (χ2n) is 5.16. The smallest absolute Gasteiger partial charge is 0.110 e. The van der Waals surface area contributed by atoms with Crippen LogP contribution in [0.1, 0.15) is 43.4 Å². The van der Waals surface area contributed by atoms with Crippen molar-refractivity contribution in [1.82, 2.24) is 24.6 Å². The van der Waals surface area contributed by atoms with Gasteiger partial charge in [0.25, 0.3) is 0 Å². The molecule has 0 spiro atoms. The van der Waals surface area contributed by atoms with Crippen molar-refractivity contribution in [3.8, 4) is 0 Å². The lowest BCUT2D eigenvalue weighted by molar-refractivity contribution is 0.513. The fourth-order valence-corrected chi connectivity index (χ4v) is 2.55. The molecule has 0 aliphatic heterocycles. The second-order valence-corrected chi connectivity index (χ2v) is 5.16. The molecule has 5 heteroatoms. The third kappa shape index (κ3) is 3.10. The Hall–Kier alpha value is -1.62. The third-order valence-electron chi connectivity index (χ3n) is 3.75. The fourth-order valence-electron chi connectivity index (χ4n) is 2.55. The number of nitrogens with one attached hydrogen (secondary N) is 1. The highest BCUT2D eigenvalue weighted by Gasteiger charge is 2.18. The van der Waals surface area contributed by atoms with Gasteiger partial charge < -0.3 is 9.88 Å². The van der Waals surface area contributed by atoms with Crippen molar-refractivity contribution < 1.29 is 0 Å². The molecule has 0 saturated heterocycles. The lowest BCUT2D eigenvalue weighted by Crippen LogP contribution is -2.25. The molecule has 1 N–H and O–H groups in total. The molecule has 0 radical (unpaired) electrons. The summed E-state index contributed by atoms with van der Waals surface area (Å²) in [5.74, 6) is 1.14. The van der Waals surface area contributed by atoms with E-state index in [1.165, 1.54) is 11.3 Å². The van der Waals surface area contributed by atoms with Crippen molar-refractivity contribution in [3.63, 3.8) is 0 Å². The maximum atomic E-state index is 4.51. The van der Waals surface area contributed by atoms with Crippen molar-refractivity contribution in [2.24, 2.45) is 7.05 Å². The van der Waals surface area contributed by atoms with Gasteiger partial charge in [-0.3, -0.25) is 4.68 Å². The highest BCUT2D eigenvalue weighted by atomic mass is 15.3. The largest absolute Gasteiger partial charge is 0.335 e. The molecule has 5 nitrogen and oxygen atoms in total. The number of aryl methyl sites for hydroxylation is 2. The molecule has 2 aromatic heterocycles. The summed E-state index contributed by atoms with van der Waals surface area (Å²) < 4.78 is 4.17. The maximum absolute atomic E-state index is 4.51. The lowest BCUT2D eigenvalue weighted by atomic mass is 10.0. The Labute approximate surface area is 121 Å². The molecule has 20 heavy (non-hydrogen) atoms. The Morgan fingerprint density at radius 1 is 1.35 bits per heavy atom. The molecule has 110 valence electrons. The molecular formula is C15H25N5. The first-order valence-corrected chi connectivity index (χ1v) is 7.39. The second kappa shape index (κ2) is 6.70. The first kappa shape index (κ1) is 14.8. The van der Waals surface area contributed by atoms with Gasteiger partial charge in [-0.05, 0) is 19.9 Å². The predicted octanol–water partition coefficient (Wildman–Crippen LogP) is 2.23. The molecule has 2 aromatic rings. The van der Waals surface area contributed by atoms with Crippen molar-refractivity contribution in [3.05, 3.63) is 35.7 Å². The van der Waals surface area contributed by atoms with E-state index in [0.29, 0.717) is 0 Å². The quantitative estimate of drug-likeness (QED) is 0.843. The zero-order valence-electron chi connectivity index (χ0n) is 12.9. The van der Waals surface area contributed by atoms with Gasteiger partial charge in [0, 0.05) is 49.7 Å². The van der Waals surface area contributed by atoms with Crippen LogP contribution in [0.3, 0.4) is 0 Å². The van der Waals surface area contributed by atoms with E-state index in [9.17, 15) is 0 Å². The van der Waals surface area contributed by atoms with Gasteiger partial charge in [0.2, 0.25) is 0 Å². The molecule has 1 atom stereocenters. The summed E-state index contributed by atoms with van der Waals surface area (Å²) >= 11 is 0. The molecule has 0 amide bonds. The molecule has 0 aromatic carbocycles. The van der Waals surface area contributed by atoms with Crippen LogP contribution in [-0.4, -0.2) is 25.9 Å². The van der Waals surface area contributed by atoms with Crippen LogP contribution < -0.4 is 5.32 Å². The lowest BCUT2D eigenvalue weighted by Gasteiger charge is -2.18. The van der Waals surface area contributed by atoms with Crippen LogP contribution in [0.2, 0.25) is 0 Å². The van der Waals surface area contributed by atoms with E-state index in [0.717, 1.165) is 31.8 Å². The van der Waals surface area contributed by atoms with Gasteiger partial charge in [-0.2, -0.15) is 5.10 Å². The van der Waals surface area contributed by atoms with E-state index < -0.39 is 0 Å². The van der Waals surface area contributed by atoms with Crippen LogP contribution in [0.25, 0.3) is 0 Å². The Morgan fingerprint density at radius 2 is 2.15 bits per heavy atom. The number of imidazole rings is 1. The summed E-state index contributed by atoms with van der Waals surface area (Å²) in [4.78, 5) is 4.51. The van der Waals surface area contributed by atoms with Crippen LogP contribution in [0, 0.1) is 6.92 Å². The van der Waals surface area contributed by atoms with Gasteiger partial charge >= 0.3 is 0 Å². The Kier molecular flexibility index (Phi) is 4.95. The van der Waals surface area contributed by atoms with Crippen molar-refractivity contribution in [2.45, 2.75) is 46.2 Å². The Morgan fingerprint density at radius 3 is 2.75 bits per heavy atom. The fraction of sp³-hybridized carbons (Fsp3) is 0.600. The number of nitrogens with zero attached hydrogens (tertiary/aromatic N) is 4. The summed E-state index contributed by atoms with van der Waals surface area (Å²) in [6.45, 7) is 8.41. The Bertz CT molecular complexity index is 540. The van der Waals surface area contributed by atoms with E-state index in [-0.39, 0.29) is 6.04 Å². The zero-order chi connectivity index (χ0) is 14.5. The molecule has 0 fully saturated rings. The summed E-state index contributed by atoms with van der Waals surface area (Å²) in [7, 11) is 1.99. The van der Waals surface area contributed by atoms with Crippen LogP contribution in [0.15, 0.2) is 18.6 Å². The average molecular weight is 275 g/mol. The van der Waals surface area contributed by atoms with Gasteiger partial charge in [0.15, 0.2) is 0 Å². The monoisotopic (exact) mass is 275 g/mol. The number of hydrogen-bond donors (Lipinski definition) is 1. The zero-order valence-corrected chi connectivity index (χ0v) is 12.9. The SMILES string of the molecule is CCCn1ccnc1CC(NCC)c1cnn(C)c1C. The molecular weight excluding hydrogens is 250 g/mol. The summed E-state index contributed by atoms with van der Waals surface area (Å²) in [5, 5.41) is 7.91. The van der Waals surface area contributed by atoms with Gasteiger partial charge in [-0.25, -0.2) is 4.98 Å². The predicted molar refractivity (Wildman–Crippen MR) is 80.6 cm³/mol. The number of rotatable bonds is 7. The van der Waals surface area contributed by atoms with E-state index >= 15 is 0 Å². The Balaban J connectivity index is 2.21. The van der Waals surface area contributed by atoms with E-state index in [1.807, 2.05) is 24.1 Å². The minimum absolute atomic E-state index is 0.270. The number of hydrogen-bond acceptors (Lipinski definition) is 3. The van der Waals surface area contributed by atoms with E-state index in [4.69, 9.17) is 0 Å². The third-order valence-corrected chi connectivity index (χ3v) is 3.75. The molecule has 0 aliphatic carbocycles. The first-order chi connectivity index (χ1) is 9.67. The molecule has 0 aliphatic rings. The molecule has 2 heterocycles. The summed E-state index contributed by atoms with van der Waals surface area (Å²) in [5.41, 5.74) is 2.48.